The number of ether oxygens (including phenoxy) is 1. The van der Waals surface area contributed by atoms with Crippen molar-refractivity contribution < 1.29 is 14.3 Å². The fourth-order valence-corrected chi connectivity index (χ4v) is 4.88. The van der Waals surface area contributed by atoms with Crippen LogP contribution in [0.25, 0.3) is 0 Å². The number of nitrogens with zero attached hydrogens (tertiary/aromatic N) is 1. The molecule has 5 heteroatoms. The lowest BCUT2D eigenvalue weighted by atomic mass is 9.67. The van der Waals surface area contributed by atoms with Gasteiger partial charge in [-0.2, -0.15) is 0 Å². The smallest absolute Gasteiger partial charge is 0.221 e. The van der Waals surface area contributed by atoms with Crippen molar-refractivity contribution in [3.8, 4) is 5.75 Å². The Morgan fingerprint density at radius 1 is 1.30 bits per heavy atom. The number of carbonyl (C=O) groups is 2. The maximum atomic E-state index is 12.6. The highest BCUT2D eigenvalue weighted by Crippen LogP contribution is 2.49. The molecule has 0 spiro atoms. The summed E-state index contributed by atoms with van der Waals surface area (Å²) in [6.07, 6.45) is 5.11. The van der Waals surface area contributed by atoms with E-state index < -0.39 is 6.04 Å². The average Bonchev–Trinajstić information content (AvgIpc) is 2.96. The molecule has 1 aromatic rings. The van der Waals surface area contributed by atoms with E-state index in [0.717, 1.165) is 31.8 Å². The second kappa shape index (κ2) is 7.27. The first-order chi connectivity index (χ1) is 13.0. The third-order valence-electron chi connectivity index (χ3n) is 6.59. The van der Waals surface area contributed by atoms with Crippen LogP contribution in [-0.2, 0) is 15.0 Å². The van der Waals surface area contributed by atoms with E-state index in [-0.39, 0.29) is 23.2 Å². The molecule has 1 amide bonds. The highest BCUT2D eigenvalue weighted by molar-refractivity contribution is 5.91. The number of nitrogens with one attached hydrogen (secondary N) is 1. The molecule has 1 aliphatic carbocycles. The summed E-state index contributed by atoms with van der Waals surface area (Å²) in [4.78, 5) is 27.6. The highest BCUT2D eigenvalue weighted by Gasteiger charge is 2.54. The number of piperidine rings is 1. The summed E-state index contributed by atoms with van der Waals surface area (Å²) >= 11 is 0. The van der Waals surface area contributed by atoms with Gasteiger partial charge in [-0.3, -0.25) is 9.59 Å². The van der Waals surface area contributed by atoms with Crippen LogP contribution in [0, 0.1) is 6.92 Å². The van der Waals surface area contributed by atoms with E-state index in [1.807, 2.05) is 12.1 Å². The van der Waals surface area contributed by atoms with Crippen molar-refractivity contribution in [3.05, 3.63) is 29.3 Å². The fraction of sp³-hybridized carbons (Fsp3) is 0.636. The lowest BCUT2D eigenvalue weighted by Crippen LogP contribution is -2.59. The zero-order valence-electron chi connectivity index (χ0n) is 16.4. The van der Waals surface area contributed by atoms with Gasteiger partial charge in [0.25, 0.3) is 0 Å². The summed E-state index contributed by atoms with van der Waals surface area (Å²) in [5, 5.41) is 3.01. The standard InChI is InChI=1S/C22H30N2O3/c1-15-6-7-18-16(14-15)22(2)10-8-17(25)20(21(22)27-18)23-19(26)9-13-24-11-4-3-5-12-24/h6-7,14,20-21H,3-5,8-13H2,1-2H3,(H,23,26)/t20-,21-,22-/m0/s1. The van der Waals surface area contributed by atoms with E-state index in [1.54, 1.807) is 0 Å². The highest BCUT2D eigenvalue weighted by atomic mass is 16.5. The Kier molecular flexibility index (Phi) is 4.97. The number of benzene rings is 1. The predicted molar refractivity (Wildman–Crippen MR) is 104 cm³/mol. The molecule has 5 nitrogen and oxygen atoms in total. The topological polar surface area (TPSA) is 58.6 Å². The Morgan fingerprint density at radius 2 is 2.07 bits per heavy atom. The SMILES string of the molecule is Cc1ccc2c(c1)[C@]1(C)CCC(=O)[C@H](NC(=O)CCN3CCCCC3)[C@@H]1O2. The lowest BCUT2D eigenvalue weighted by Gasteiger charge is -2.39. The molecule has 2 aliphatic heterocycles. The number of likely N-dealkylation sites (tertiary alicyclic amines) is 1. The first kappa shape index (κ1) is 18.5. The van der Waals surface area contributed by atoms with Crippen LogP contribution in [0.1, 0.15) is 56.6 Å². The number of amides is 1. The molecular weight excluding hydrogens is 340 g/mol. The molecule has 27 heavy (non-hydrogen) atoms. The number of fused-ring (bicyclic) bond motifs is 3. The lowest BCUT2D eigenvalue weighted by molar-refractivity contribution is -0.133. The summed E-state index contributed by atoms with van der Waals surface area (Å²) in [7, 11) is 0. The second-order valence-corrected chi connectivity index (χ2v) is 8.62. The van der Waals surface area contributed by atoms with Gasteiger partial charge < -0.3 is 15.0 Å². The molecule has 146 valence electrons. The number of carbonyl (C=O) groups excluding carboxylic acids is 2. The zero-order valence-corrected chi connectivity index (χ0v) is 16.4. The van der Waals surface area contributed by atoms with Crippen LogP contribution in [0.5, 0.6) is 5.75 Å². The van der Waals surface area contributed by atoms with Crippen molar-refractivity contribution in [3.63, 3.8) is 0 Å². The Bertz CT molecular complexity index is 741. The van der Waals surface area contributed by atoms with Crippen LogP contribution >= 0.6 is 0 Å². The molecule has 0 unspecified atom stereocenters. The summed E-state index contributed by atoms with van der Waals surface area (Å²) in [6.45, 7) is 7.17. The van der Waals surface area contributed by atoms with Gasteiger partial charge >= 0.3 is 0 Å². The first-order valence-corrected chi connectivity index (χ1v) is 10.3. The van der Waals surface area contributed by atoms with E-state index in [1.165, 1.54) is 30.4 Å². The molecule has 0 radical (unpaired) electrons. The predicted octanol–water partition coefficient (Wildman–Crippen LogP) is 2.74. The average molecular weight is 370 g/mol. The normalized spacial score (nSPS) is 30.4. The van der Waals surface area contributed by atoms with Crippen molar-refractivity contribution in [2.24, 2.45) is 0 Å². The van der Waals surface area contributed by atoms with E-state index in [9.17, 15) is 9.59 Å². The molecule has 4 rings (SSSR count). The number of aryl methyl sites for hydroxylation is 1. The molecule has 3 aliphatic rings. The fourth-order valence-electron chi connectivity index (χ4n) is 4.88. The number of rotatable bonds is 4. The molecule has 1 N–H and O–H groups in total. The molecule has 2 fully saturated rings. The molecule has 0 bridgehead atoms. The Balaban J connectivity index is 1.44. The Labute approximate surface area is 161 Å². The van der Waals surface area contributed by atoms with E-state index in [0.29, 0.717) is 12.8 Å². The van der Waals surface area contributed by atoms with Crippen LogP contribution in [0.15, 0.2) is 18.2 Å². The van der Waals surface area contributed by atoms with Crippen molar-refractivity contribution in [2.75, 3.05) is 19.6 Å². The Morgan fingerprint density at radius 3 is 2.85 bits per heavy atom. The van der Waals surface area contributed by atoms with Crippen LogP contribution in [0.4, 0.5) is 0 Å². The third-order valence-corrected chi connectivity index (χ3v) is 6.59. The number of ketones is 1. The van der Waals surface area contributed by atoms with E-state index >= 15 is 0 Å². The zero-order chi connectivity index (χ0) is 19.0. The van der Waals surface area contributed by atoms with E-state index in [2.05, 4.69) is 30.1 Å². The molecule has 1 saturated carbocycles. The van der Waals surface area contributed by atoms with Gasteiger partial charge in [0.2, 0.25) is 5.91 Å². The van der Waals surface area contributed by atoms with Gasteiger partial charge in [0.05, 0.1) is 0 Å². The van der Waals surface area contributed by atoms with Crippen molar-refractivity contribution >= 4 is 11.7 Å². The minimum Gasteiger partial charge on any atom is -0.487 e. The Hall–Kier alpha value is -1.88. The maximum absolute atomic E-state index is 12.6. The van der Waals surface area contributed by atoms with Crippen LogP contribution < -0.4 is 10.1 Å². The molecule has 0 aromatic heterocycles. The number of hydrogen-bond acceptors (Lipinski definition) is 4. The summed E-state index contributed by atoms with van der Waals surface area (Å²) in [5.74, 6) is 0.905. The van der Waals surface area contributed by atoms with E-state index in [4.69, 9.17) is 4.74 Å². The van der Waals surface area contributed by atoms with Crippen LogP contribution in [-0.4, -0.2) is 48.4 Å². The molecule has 2 heterocycles. The van der Waals surface area contributed by atoms with Gasteiger partial charge in [-0.25, -0.2) is 0 Å². The third kappa shape index (κ3) is 3.49. The second-order valence-electron chi connectivity index (χ2n) is 8.62. The molecule has 1 aromatic carbocycles. The van der Waals surface area contributed by atoms with Gasteiger partial charge in [0.1, 0.15) is 17.9 Å². The summed E-state index contributed by atoms with van der Waals surface area (Å²) in [5.41, 5.74) is 2.14. The van der Waals surface area contributed by atoms with Gasteiger partial charge in [-0.1, -0.05) is 31.0 Å². The molecule has 3 atom stereocenters. The van der Waals surface area contributed by atoms with Crippen LogP contribution in [0.2, 0.25) is 0 Å². The number of hydrogen-bond donors (Lipinski definition) is 1. The maximum Gasteiger partial charge on any atom is 0.221 e. The molecule has 1 saturated heterocycles. The van der Waals surface area contributed by atoms with Gasteiger partial charge in [0, 0.05) is 30.4 Å². The van der Waals surface area contributed by atoms with Gasteiger partial charge in [-0.05, 0) is 45.3 Å². The quantitative estimate of drug-likeness (QED) is 0.885. The summed E-state index contributed by atoms with van der Waals surface area (Å²) in [6, 6.07) is 5.65. The number of Topliss-reactive ketones (excluding diaryl/α,β-unsaturated/α-hetero) is 1. The first-order valence-electron chi connectivity index (χ1n) is 10.3. The largest absolute Gasteiger partial charge is 0.487 e. The van der Waals surface area contributed by atoms with Gasteiger partial charge in [0.15, 0.2) is 5.78 Å². The minimum atomic E-state index is -0.551. The monoisotopic (exact) mass is 370 g/mol. The van der Waals surface area contributed by atoms with Gasteiger partial charge in [-0.15, -0.1) is 0 Å². The summed E-state index contributed by atoms with van der Waals surface area (Å²) < 4.78 is 6.20. The minimum absolute atomic E-state index is 0.0427. The van der Waals surface area contributed by atoms with Crippen molar-refractivity contribution in [2.45, 2.75) is 69.9 Å². The van der Waals surface area contributed by atoms with Crippen molar-refractivity contribution in [1.82, 2.24) is 10.2 Å². The van der Waals surface area contributed by atoms with Crippen molar-refractivity contribution in [1.29, 1.82) is 0 Å². The van der Waals surface area contributed by atoms with Crippen LogP contribution in [0.3, 0.4) is 0 Å². The molecular formula is C22H30N2O3.